The number of anilines is 1. The lowest BCUT2D eigenvalue weighted by Crippen LogP contribution is -2.47. The Labute approximate surface area is 143 Å². The van der Waals surface area contributed by atoms with Crippen molar-refractivity contribution in [2.45, 2.75) is 12.8 Å². The van der Waals surface area contributed by atoms with Gasteiger partial charge in [0.1, 0.15) is 11.6 Å². The molecule has 25 heavy (non-hydrogen) atoms. The Morgan fingerprint density at radius 2 is 1.76 bits per heavy atom. The number of para-hydroxylation sites is 1. The van der Waals surface area contributed by atoms with Crippen LogP contribution >= 0.6 is 0 Å². The van der Waals surface area contributed by atoms with Gasteiger partial charge in [0, 0.05) is 23.9 Å². The molecule has 0 atom stereocenters. The molecule has 0 radical (unpaired) electrons. The van der Waals surface area contributed by atoms with Crippen molar-refractivity contribution in [3.8, 4) is 0 Å². The second-order valence-electron chi connectivity index (χ2n) is 5.81. The summed E-state index contributed by atoms with van der Waals surface area (Å²) >= 11 is 0. The number of hydrazine groups is 1. The van der Waals surface area contributed by atoms with E-state index in [1.807, 2.05) is 29.2 Å². The predicted molar refractivity (Wildman–Crippen MR) is 88.9 cm³/mol. The van der Waals surface area contributed by atoms with E-state index < -0.39 is 23.4 Å². The SMILES string of the molecule is O=C(CN1CCCc2ccccc21)NNC(=O)c1cc(F)cc(F)c1. The van der Waals surface area contributed by atoms with E-state index in [2.05, 4.69) is 10.9 Å². The Balaban J connectivity index is 1.58. The molecule has 0 aromatic heterocycles. The van der Waals surface area contributed by atoms with Crippen molar-refractivity contribution in [3.05, 3.63) is 65.2 Å². The lowest BCUT2D eigenvalue weighted by atomic mass is 10.0. The summed E-state index contributed by atoms with van der Waals surface area (Å²) in [5, 5.41) is 0. The minimum Gasteiger partial charge on any atom is -0.362 e. The van der Waals surface area contributed by atoms with Gasteiger partial charge in [-0.2, -0.15) is 0 Å². The lowest BCUT2D eigenvalue weighted by molar-refractivity contribution is -0.120. The summed E-state index contributed by atoms with van der Waals surface area (Å²) in [5.41, 5.74) is 6.42. The Morgan fingerprint density at radius 3 is 2.52 bits per heavy atom. The third-order valence-corrected chi connectivity index (χ3v) is 3.98. The first-order chi connectivity index (χ1) is 12.0. The Kier molecular flexibility index (Phi) is 4.92. The van der Waals surface area contributed by atoms with Crippen LogP contribution in [0.1, 0.15) is 22.3 Å². The third-order valence-electron chi connectivity index (χ3n) is 3.98. The first-order valence-corrected chi connectivity index (χ1v) is 7.91. The fraction of sp³-hybridized carbons (Fsp3) is 0.222. The molecule has 1 aliphatic rings. The Hall–Kier alpha value is -2.96. The van der Waals surface area contributed by atoms with Crippen LogP contribution in [0.3, 0.4) is 0 Å². The van der Waals surface area contributed by atoms with Gasteiger partial charge in [0.2, 0.25) is 0 Å². The highest BCUT2D eigenvalue weighted by atomic mass is 19.1. The molecule has 1 aliphatic heterocycles. The molecule has 2 N–H and O–H groups in total. The Morgan fingerprint density at radius 1 is 1.04 bits per heavy atom. The highest BCUT2D eigenvalue weighted by Gasteiger charge is 2.19. The molecule has 0 aliphatic carbocycles. The van der Waals surface area contributed by atoms with Crippen LogP contribution in [-0.4, -0.2) is 24.9 Å². The maximum atomic E-state index is 13.1. The number of halogens is 2. The molecule has 3 rings (SSSR count). The molecular formula is C18H17F2N3O2. The van der Waals surface area contributed by atoms with Crippen LogP contribution in [0.4, 0.5) is 14.5 Å². The Bertz CT molecular complexity index is 790. The molecule has 1 heterocycles. The molecule has 0 fully saturated rings. The summed E-state index contributed by atoms with van der Waals surface area (Å²) in [6.07, 6.45) is 1.91. The normalized spacial score (nSPS) is 13.1. The molecule has 130 valence electrons. The molecule has 2 aromatic rings. The van der Waals surface area contributed by atoms with Gasteiger partial charge >= 0.3 is 0 Å². The summed E-state index contributed by atoms with van der Waals surface area (Å²) in [7, 11) is 0. The van der Waals surface area contributed by atoms with Crippen molar-refractivity contribution in [2.24, 2.45) is 0 Å². The second-order valence-corrected chi connectivity index (χ2v) is 5.81. The number of nitrogens with one attached hydrogen (secondary N) is 2. The highest BCUT2D eigenvalue weighted by molar-refractivity contribution is 5.95. The minimum atomic E-state index is -0.860. The maximum absolute atomic E-state index is 13.1. The van der Waals surface area contributed by atoms with E-state index in [1.54, 1.807) is 0 Å². The zero-order chi connectivity index (χ0) is 17.8. The number of hydrogen-bond donors (Lipinski definition) is 2. The quantitative estimate of drug-likeness (QED) is 0.839. The molecule has 0 spiro atoms. The summed E-state index contributed by atoms with van der Waals surface area (Å²) < 4.78 is 26.2. The van der Waals surface area contributed by atoms with E-state index in [1.165, 1.54) is 5.56 Å². The first kappa shape index (κ1) is 16.9. The molecule has 0 unspecified atom stereocenters. The number of hydrogen-bond acceptors (Lipinski definition) is 3. The van der Waals surface area contributed by atoms with Gasteiger partial charge in [-0.25, -0.2) is 8.78 Å². The van der Waals surface area contributed by atoms with E-state index in [0.29, 0.717) is 6.07 Å². The largest absolute Gasteiger partial charge is 0.362 e. The van der Waals surface area contributed by atoms with Crippen molar-refractivity contribution in [1.29, 1.82) is 0 Å². The zero-order valence-electron chi connectivity index (χ0n) is 13.4. The highest BCUT2D eigenvalue weighted by Crippen LogP contribution is 2.26. The fourth-order valence-electron chi connectivity index (χ4n) is 2.87. The van der Waals surface area contributed by atoms with Gasteiger partial charge in [-0.3, -0.25) is 20.4 Å². The molecule has 0 saturated heterocycles. The standard InChI is InChI=1S/C18H17F2N3O2/c19-14-8-13(9-15(20)10-14)18(25)22-21-17(24)11-23-7-3-5-12-4-1-2-6-16(12)23/h1-2,4,6,8-10H,3,5,7,11H2,(H,21,24)(H,22,25). The van der Waals surface area contributed by atoms with E-state index in [-0.39, 0.29) is 12.1 Å². The number of rotatable bonds is 3. The van der Waals surface area contributed by atoms with E-state index in [0.717, 1.165) is 37.2 Å². The van der Waals surface area contributed by atoms with Crippen molar-refractivity contribution in [3.63, 3.8) is 0 Å². The third kappa shape index (κ3) is 4.12. The average molecular weight is 345 g/mol. The fourth-order valence-corrected chi connectivity index (χ4v) is 2.87. The number of carbonyl (C=O) groups is 2. The number of fused-ring (bicyclic) bond motifs is 1. The topological polar surface area (TPSA) is 61.4 Å². The van der Waals surface area contributed by atoms with Crippen LogP contribution in [0.2, 0.25) is 0 Å². The lowest BCUT2D eigenvalue weighted by Gasteiger charge is -2.30. The molecule has 2 aromatic carbocycles. The van der Waals surface area contributed by atoms with Crippen molar-refractivity contribution in [2.75, 3.05) is 18.0 Å². The van der Waals surface area contributed by atoms with E-state index >= 15 is 0 Å². The van der Waals surface area contributed by atoms with Crippen LogP contribution in [0.25, 0.3) is 0 Å². The molecule has 0 saturated carbocycles. The number of benzene rings is 2. The number of aryl methyl sites for hydroxylation is 1. The average Bonchev–Trinajstić information content (AvgIpc) is 2.59. The van der Waals surface area contributed by atoms with Crippen LogP contribution in [0.5, 0.6) is 0 Å². The van der Waals surface area contributed by atoms with Gasteiger partial charge < -0.3 is 4.90 Å². The van der Waals surface area contributed by atoms with Crippen LogP contribution in [0, 0.1) is 11.6 Å². The molecule has 7 heteroatoms. The van der Waals surface area contributed by atoms with Crippen LogP contribution < -0.4 is 15.8 Å². The van der Waals surface area contributed by atoms with Gasteiger partial charge in [-0.05, 0) is 36.6 Å². The number of carbonyl (C=O) groups excluding carboxylic acids is 2. The van der Waals surface area contributed by atoms with Crippen molar-refractivity contribution < 1.29 is 18.4 Å². The number of nitrogens with zero attached hydrogens (tertiary/aromatic N) is 1. The van der Waals surface area contributed by atoms with Crippen LogP contribution in [0.15, 0.2) is 42.5 Å². The first-order valence-electron chi connectivity index (χ1n) is 7.91. The number of amides is 2. The summed E-state index contributed by atoms with van der Waals surface area (Å²) in [6, 6.07) is 10.3. The van der Waals surface area contributed by atoms with Crippen molar-refractivity contribution >= 4 is 17.5 Å². The zero-order valence-corrected chi connectivity index (χ0v) is 13.4. The molecule has 5 nitrogen and oxygen atoms in total. The van der Waals surface area contributed by atoms with E-state index in [4.69, 9.17) is 0 Å². The summed E-state index contributed by atoms with van der Waals surface area (Å²) in [5.74, 6) is -2.92. The van der Waals surface area contributed by atoms with Gasteiger partial charge in [0.15, 0.2) is 0 Å². The van der Waals surface area contributed by atoms with Gasteiger partial charge in [-0.1, -0.05) is 18.2 Å². The molecule has 2 amide bonds. The van der Waals surface area contributed by atoms with Crippen LogP contribution in [-0.2, 0) is 11.2 Å². The maximum Gasteiger partial charge on any atom is 0.269 e. The van der Waals surface area contributed by atoms with Crippen molar-refractivity contribution in [1.82, 2.24) is 10.9 Å². The monoisotopic (exact) mass is 345 g/mol. The smallest absolute Gasteiger partial charge is 0.269 e. The second kappa shape index (κ2) is 7.29. The minimum absolute atomic E-state index is 0.0782. The summed E-state index contributed by atoms with van der Waals surface area (Å²) in [6.45, 7) is 0.822. The summed E-state index contributed by atoms with van der Waals surface area (Å²) in [4.78, 5) is 25.9. The van der Waals surface area contributed by atoms with E-state index in [9.17, 15) is 18.4 Å². The van der Waals surface area contributed by atoms with Gasteiger partial charge in [0.05, 0.1) is 6.54 Å². The van der Waals surface area contributed by atoms with Gasteiger partial charge in [-0.15, -0.1) is 0 Å². The predicted octanol–water partition coefficient (Wildman–Crippen LogP) is 2.18. The molecular weight excluding hydrogens is 328 g/mol. The van der Waals surface area contributed by atoms with Gasteiger partial charge in [0.25, 0.3) is 11.8 Å². The molecule has 0 bridgehead atoms.